The molecule has 0 amide bonds. The average molecular weight is 261 g/mol. The molecule has 0 saturated carbocycles. The molecule has 0 unspecified atom stereocenters. The second-order valence-corrected chi connectivity index (χ2v) is 5.72. The van der Waals surface area contributed by atoms with Crippen molar-refractivity contribution >= 4 is 16.5 Å². The number of anilines is 1. The lowest BCUT2D eigenvalue weighted by Crippen LogP contribution is -1.94. The Bertz CT molecular complexity index is 505. The van der Waals surface area contributed by atoms with Gasteiger partial charge in [-0.05, 0) is 30.9 Å². The monoisotopic (exact) mass is 261 g/mol. The molecule has 0 radical (unpaired) electrons. The summed E-state index contributed by atoms with van der Waals surface area (Å²) in [6.07, 6.45) is 1.10. The Labute approximate surface area is 112 Å². The number of rotatable bonds is 5. The number of benzene rings is 1. The van der Waals surface area contributed by atoms with Crippen molar-refractivity contribution in [3.63, 3.8) is 0 Å². The van der Waals surface area contributed by atoms with Gasteiger partial charge in [-0.2, -0.15) is 0 Å². The lowest BCUT2D eigenvalue weighted by atomic mass is 10.0. The summed E-state index contributed by atoms with van der Waals surface area (Å²) in [5, 5.41) is 13.4. The molecule has 1 N–H and O–H groups in total. The fourth-order valence-electron chi connectivity index (χ4n) is 1.87. The van der Waals surface area contributed by atoms with Crippen molar-refractivity contribution in [1.82, 2.24) is 10.2 Å². The van der Waals surface area contributed by atoms with Gasteiger partial charge in [-0.1, -0.05) is 43.4 Å². The molecule has 0 saturated heterocycles. The van der Waals surface area contributed by atoms with Crippen LogP contribution in [0.3, 0.4) is 0 Å². The maximum absolute atomic E-state index is 4.23. The minimum atomic E-state index is 0.673. The van der Waals surface area contributed by atoms with E-state index in [0.717, 1.165) is 28.7 Å². The van der Waals surface area contributed by atoms with E-state index in [4.69, 9.17) is 0 Å². The summed E-state index contributed by atoms with van der Waals surface area (Å²) in [6.45, 7) is 7.41. The molecule has 0 bridgehead atoms. The third kappa shape index (κ3) is 3.29. The SMILES string of the molecule is CCNc1nnc(-c2cccc(CC(C)C)c2)s1. The van der Waals surface area contributed by atoms with E-state index >= 15 is 0 Å². The van der Waals surface area contributed by atoms with E-state index in [1.165, 1.54) is 5.56 Å². The van der Waals surface area contributed by atoms with Crippen molar-refractivity contribution in [2.75, 3.05) is 11.9 Å². The highest BCUT2D eigenvalue weighted by atomic mass is 32.1. The number of hydrogen-bond donors (Lipinski definition) is 1. The van der Waals surface area contributed by atoms with Crippen LogP contribution in [0.5, 0.6) is 0 Å². The zero-order valence-corrected chi connectivity index (χ0v) is 11.9. The van der Waals surface area contributed by atoms with Crippen LogP contribution in [-0.4, -0.2) is 16.7 Å². The zero-order valence-electron chi connectivity index (χ0n) is 11.1. The largest absolute Gasteiger partial charge is 0.360 e. The number of nitrogens with one attached hydrogen (secondary N) is 1. The molecule has 0 aliphatic carbocycles. The van der Waals surface area contributed by atoms with Gasteiger partial charge >= 0.3 is 0 Å². The normalized spacial score (nSPS) is 10.9. The number of hydrogen-bond acceptors (Lipinski definition) is 4. The van der Waals surface area contributed by atoms with Gasteiger partial charge in [-0.15, -0.1) is 10.2 Å². The molecule has 2 rings (SSSR count). The van der Waals surface area contributed by atoms with Crippen molar-refractivity contribution in [2.24, 2.45) is 5.92 Å². The van der Waals surface area contributed by atoms with E-state index in [2.05, 4.69) is 60.6 Å². The van der Waals surface area contributed by atoms with E-state index in [9.17, 15) is 0 Å². The molecule has 1 heterocycles. The van der Waals surface area contributed by atoms with Crippen molar-refractivity contribution in [1.29, 1.82) is 0 Å². The van der Waals surface area contributed by atoms with Crippen LogP contribution in [0.25, 0.3) is 10.6 Å². The summed E-state index contributed by atoms with van der Waals surface area (Å²) in [4.78, 5) is 0. The van der Waals surface area contributed by atoms with Crippen molar-refractivity contribution in [2.45, 2.75) is 27.2 Å². The zero-order chi connectivity index (χ0) is 13.0. The van der Waals surface area contributed by atoms with Gasteiger partial charge in [0.05, 0.1) is 0 Å². The predicted molar refractivity (Wildman–Crippen MR) is 78.1 cm³/mol. The van der Waals surface area contributed by atoms with E-state index in [0.29, 0.717) is 5.92 Å². The van der Waals surface area contributed by atoms with E-state index < -0.39 is 0 Å². The van der Waals surface area contributed by atoms with Crippen LogP contribution in [0.1, 0.15) is 26.3 Å². The maximum Gasteiger partial charge on any atom is 0.205 e. The fraction of sp³-hybridized carbons (Fsp3) is 0.429. The molecule has 96 valence electrons. The first-order chi connectivity index (χ1) is 8.69. The highest BCUT2D eigenvalue weighted by Gasteiger charge is 2.07. The Morgan fingerprint density at radius 1 is 1.28 bits per heavy atom. The first kappa shape index (κ1) is 13.0. The topological polar surface area (TPSA) is 37.8 Å². The highest BCUT2D eigenvalue weighted by Crippen LogP contribution is 2.27. The van der Waals surface area contributed by atoms with Crippen molar-refractivity contribution in [3.05, 3.63) is 29.8 Å². The van der Waals surface area contributed by atoms with Gasteiger partial charge in [0.15, 0.2) is 0 Å². The first-order valence-corrected chi connectivity index (χ1v) is 7.17. The summed E-state index contributed by atoms with van der Waals surface area (Å²) < 4.78 is 0. The van der Waals surface area contributed by atoms with E-state index in [1.807, 2.05) is 0 Å². The fourth-order valence-corrected chi connectivity index (χ4v) is 2.67. The summed E-state index contributed by atoms with van der Waals surface area (Å²) in [7, 11) is 0. The van der Waals surface area contributed by atoms with Crippen molar-refractivity contribution in [3.8, 4) is 10.6 Å². The average Bonchev–Trinajstić information content (AvgIpc) is 2.78. The van der Waals surface area contributed by atoms with Crippen LogP contribution in [0, 0.1) is 5.92 Å². The van der Waals surface area contributed by atoms with Crippen LogP contribution in [-0.2, 0) is 6.42 Å². The Balaban J connectivity index is 2.21. The summed E-state index contributed by atoms with van der Waals surface area (Å²) in [6, 6.07) is 8.59. The van der Waals surface area contributed by atoms with Crippen LogP contribution in [0.2, 0.25) is 0 Å². The minimum absolute atomic E-state index is 0.673. The van der Waals surface area contributed by atoms with Gasteiger partial charge in [0.25, 0.3) is 0 Å². The molecule has 0 aliphatic rings. The number of aromatic nitrogens is 2. The lowest BCUT2D eigenvalue weighted by Gasteiger charge is -2.05. The molecule has 1 aromatic heterocycles. The Hall–Kier alpha value is -1.42. The second-order valence-electron chi connectivity index (χ2n) is 4.74. The second kappa shape index (κ2) is 5.96. The van der Waals surface area contributed by atoms with Crippen LogP contribution in [0.15, 0.2) is 24.3 Å². The molecule has 0 aliphatic heterocycles. The Kier molecular flexibility index (Phi) is 4.31. The quantitative estimate of drug-likeness (QED) is 0.888. The van der Waals surface area contributed by atoms with Gasteiger partial charge in [0.1, 0.15) is 5.01 Å². The Morgan fingerprint density at radius 2 is 2.11 bits per heavy atom. The molecule has 0 atom stereocenters. The molecule has 0 fully saturated rings. The summed E-state index contributed by atoms with van der Waals surface area (Å²) in [5.74, 6) is 0.673. The first-order valence-electron chi connectivity index (χ1n) is 6.35. The maximum atomic E-state index is 4.23. The molecular formula is C14H19N3S. The molecule has 0 spiro atoms. The standard InChI is InChI=1S/C14H19N3S/c1-4-15-14-17-16-13(18-14)12-7-5-6-11(9-12)8-10(2)3/h5-7,9-10H,4,8H2,1-3H3,(H,15,17). The number of nitrogens with zero attached hydrogens (tertiary/aromatic N) is 2. The summed E-state index contributed by atoms with van der Waals surface area (Å²) in [5.41, 5.74) is 2.53. The molecule has 18 heavy (non-hydrogen) atoms. The minimum Gasteiger partial charge on any atom is -0.360 e. The molecular weight excluding hydrogens is 242 g/mol. The van der Waals surface area contributed by atoms with E-state index in [-0.39, 0.29) is 0 Å². The Morgan fingerprint density at radius 3 is 2.83 bits per heavy atom. The molecule has 4 heteroatoms. The van der Waals surface area contributed by atoms with Gasteiger partial charge in [-0.25, -0.2) is 0 Å². The van der Waals surface area contributed by atoms with Gasteiger partial charge < -0.3 is 5.32 Å². The molecule has 3 nitrogen and oxygen atoms in total. The lowest BCUT2D eigenvalue weighted by molar-refractivity contribution is 0.647. The third-order valence-electron chi connectivity index (χ3n) is 2.57. The summed E-state index contributed by atoms with van der Waals surface area (Å²) >= 11 is 1.60. The third-order valence-corrected chi connectivity index (χ3v) is 3.50. The molecule has 1 aromatic carbocycles. The smallest absolute Gasteiger partial charge is 0.205 e. The molecule has 2 aromatic rings. The van der Waals surface area contributed by atoms with Gasteiger partial charge in [0.2, 0.25) is 5.13 Å². The van der Waals surface area contributed by atoms with E-state index in [1.54, 1.807) is 11.3 Å². The van der Waals surface area contributed by atoms with Crippen LogP contribution >= 0.6 is 11.3 Å². The van der Waals surface area contributed by atoms with Crippen molar-refractivity contribution < 1.29 is 0 Å². The van der Waals surface area contributed by atoms with Crippen LogP contribution in [0.4, 0.5) is 5.13 Å². The van der Waals surface area contributed by atoms with Crippen LogP contribution < -0.4 is 5.32 Å². The van der Waals surface area contributed by atoms with Gasteiger partial charge in [-0.3, -0.25) is 0 Å². The highest BCUT2D eigenvalue weighted by molar-refractivity contribution is 7.18. The predicted octanol–water partition coefficient (Wildman–Crippen LogP) is 3.84. The van der Waals surface area contributed by atoms with Gasteiger partial charge in [0, 0.05) is 12.1 Å².